The first-order valence-corrected chi connectivity index (χ1v) is 8.51. The van der Waals surface area contributed by atoms with E-state index in [0.717, 1.165) is 12.8 Å². The Morgan fingerprint density at radius 2 is 1.92 bits per heavy atom. The average Bonchev–Trinajstić information content (AvgIpc) is 2.48. The molecule has 132 valence electrons. The largest absolute Gasteiger partial charge is 0.481 e. The van der Waals surface area contributed by atoms with Crippen LogP contribution in [0.4, 0.5) is 4.79 Å². The molecule has 6 heteroatoms. The first-order chi connectivity index (χ1) is 11.2. The third-order valence-electron chi connectivity index (χ3n) is 4.08. The molecule has 0 aliphatic carbocycles. The number of benzene rings is 1. The molecule has 1 aliphatic heterocycles. The highest BCUT2D eigenvalue weighted by Crippen LogP contribution is 2.33. The molecule has 1 saturated heterocycles. The molecule has 24 heavy (non-hydrogen) atoms. The lowest BCUT2D eigenvalue weighted by molar-refractivity contribution is -0.140. The van der Waals surface area contributed by atoms with Gasteiger partial charge in [-0.15, -0.1) is 0 Å². The Labute approximate surface area is 147 Å². The maximum Gasteiger partial charge on any atom is 0.410 e. The van der Waals surface area contributed by atoms with Crippen LogP contribution in [0.2, 0.25) is 5.02 Å². The second kappa shape index (κ2) is 7.43. The second-order valence-corrected chi connectivity index (χ2v) is 7.63. The van der Waals surface area contributed by atoms with E-state index in [1.807, 2.05) is 20.8 Å². The maximum absolute atomic E-state index is 12.3. The third-order valence-corrected chi connectivity index (χ3v) is 4.33. The van der Waals surface area contributed by atoms with Gasteiger partial charge in [-0.2, -0.15) is 0 Å². The maximum atomic E-state index is 12.3. The van der Waals surface area contributed by atoms with Crippen molar-refractivity contribution in [3.8, 4) is 0 Å². The van der Waals surface area contributed by atoms with E-state index in [1.54, 1.807) is 29.2 Å². The minimum Gasteiger partial charge on any atom is -0.481 e. The summed E-state index contributed by atoms with van der Waals surface area (Å²) in [7, 11) is 0. The van der Waals surface area contributed by atoms with Gasteiger partial charge in [0.1, 0.15) is 5.60 Å². The van der Waals surface area contributed by atoms with Crippen LogP contribution in [0.15, 0.2) is 24.3 Å². The number of carboxylic acid groups (broad SMARTS) is 1. The molecule has 5 nitrogen and oxygen atoms in total. The Kier molecular flexibility index (Phi) is 5.75. The topological polar surface area (TPSA) is 66.8 Å². The molecule has 1 amide bonds. The third kappa shape index (κ3) is 4.87. The fraction of sp³-hybridized carbons (Fsp3) is 0.556. The Hall–Kier alpha value is -1.75. The van der Waals surface area contributed by atoms with Gasteiger partial charge in [-0.25, -0.2) is 4.79 Å². The van der Waals surface area contributed by atoms with Crippen LogP contribution < -0.4 is 0 Å². The van der Waals surface area contributed by atoms with Crippen LogP contribution in [0.1, 0.15) is 45.1 Å². The van der Waals surface area contributed by atoms with E-state index in [1.165, 1.54) is 0 Å². The number of carbonyl (C=O) groups excluding carboxylic acids is 1. The van der Waals surface area contributed by atoms with Crippen molar-refractivity contribution in [1.29, 1.82) is 0 Å². The number of likely N-dealkylation sites (tertiary alicyclic amines) is 1. The molecule has 1 N–H and O–H groups in total. The highest BCUT2D eigenvalue weighted by Gasteiger charge is 2.35. The van der Waals surface area contributed by atoms with E-state index in [2.05, 4.69) is 0 Å². The number of carbonyl (C=O) groups is 2. The Bertz CT molecular complexity index is 594. The van der Waals surface area contributed by atoms with Gasteiger partial charge in [0.2, 0.25) is 0 Å². The Morgan fingerprint density at radius 1 is 1.29 bits per heavy atom. The number of piperidine rings is 1. The zero-order chi connectivity index (χ0) is 17.9. The van der Waals surface area contributed by atoms with Crippen molar-refractivity contribution in [1.82, 2.24) is 4.90 Å². The number of rotatable bonds is 3. The van der Waals surface area contributed by atoms with Crippen molar-refractivity contribution in [2.45, 2.75) is 45.1 Å². The van der Waals surface area contributed by atoms with Gasteiger partial charge in [-0.05, 0) is 57.2 Å². The van der Waals surface area contributed by atoms with Gasteiger partial charge in [0.05, 0.1) is 5.92 Å². The number of hydrogen-bond donors (Lipinski definition) is 1. The summed E-state index contributed by atoms with van der Waals surface area (Å²) in [6, 6.07) is 6.88. The number of carboxylic acids is 1. The molecule has 1 fully saturated rings. The van der Waals surface area contributed by atoms with Crippen LogP contribution in [0.25, 0.3) is 0 Å². The summed E-state index contributed by atoms with van der Waals surface area (Å²) in [5, 5.41) is 10.3. The van der Waals surface area contributed by atoms with E-state index in [9.17, 15) is 14.7 Å². The van der Waals surface area contributed by atoms with E-state index >= 15 is 0 Å². The van der Waals surface area contributed by atoms with Crippen molar-refractivity contribution < 1.29 is 19.4 Å². The molecule has 1 aliphatic rings. The number of halogens is 1. The van der Waals surface area contributed by atoms with Crippen molar-refractivity contribution in [3.63, 3.8) is 0 Å². The predicted molar refractivity (Wildman–Crippen MR) is 92.4 cm³/mol. The highest BCUT2D eigenvalue weighted by molar-refractivity contribution is 6.30. The van der Waals surface area contributed by atoms with Crippen molar-refractivity contribution in [2.24, 2.45) is 5.92 Å². The molecule has 0 radical (unpaired) electrons. The lowest BCUT2D eigenvalue weighted by Crippen LogP contribution is -2.45. The van der Waals surface area contributed by atoms with Gasteiger partial charge in [0.15, 0.2) is 0 Å². The minimum absolute atomic E-state index is 0.148. The molecule has 0 saturated carbocycles. The van der Waals surface area contributed by atoms with E-state index in [0.29, 0.717) is 23.7 Å². The number of ether oxygens (including phenoxy) is 1. The lowest BCUT2D eigenvalue weighted by atomic mass is 9.81. The summed E-state index contributed by atoms with van der Waals surface area (Å²) in [5.41, 5.74) is 0.148. The van der Waals surface area contributed by atoms with Crippen molar-refractivity contribution in [2.75, 3.05) is 13.1 Å². The first kappa shape index (κ1) is 18.6. The smallest absolute Gasteiger partial charge is 0.410 e. The standard InChI is InChI=1S/C18H24ClNO4/c1-18(2,3)24-17(23)20-10-4-5-13(11-20)15(16(21)22)12-6-8-14(19)9-7-12/h6-9,13,15H,4-5,10-11H2,1-3H3,(H,21,22). The van der Waals surface area contributed by atoms with Gasteiger partial charge < -0.3 is 14.7 Å². The zero-order valence-corrected chi connectivity index (χ0v) is 15.0. The molecule has 0 bridgehead atoms. The van der Waals surface area contributed by atoms with Crippen molar-refractivity contribution >= 4 is 23.7 Å². The molecule has 2 atom stereocenters. The quantitative estimate of drug-likeness (QED) is 0.886. The average molecular weight is 354 g/mol. The number of nitrogens with zero attached hydrogens (tertiary/aromatic N) is 1. The summed E-state index contributed by atoms with van der Waals surface area (Å²) in [4.78, 5) is 25.7. The predicted octanol–water partition coefficient (Wildman–Crippen LogP) is 4.16. The Balaban J connectivity index is 2.14. The molecule has 0 spiro atoms. The van der Waals surface area contributed by atoms with Crippen LogP contribution in [0.5, 0.6) is 0 Å². The molecular weight excluding hydrogens is 330 g/mol. The summed E-state index contributed by atoms with van der Waals surface area (Å²) in [6.45, 7) is 6.44. The fourth-order valence-corrected chi connectivity index (χ4v) is 3.19. The fourth-order valence-electron chi connectivity index (χ4n) is 3.06. The molecule has 2 rings (SSSR count). The van der Waals surface area contributed by atoms with Crippen LogP contribution in [-0.4, -0.2) is 40.8 Å². The summed E-state index contributed by atoms with van der Waals surface area (Å²) >= 11 is 5.89. The first-order valence-electron chi connectivity index (χ1n) is 8.13. The van der Waals surface area contributed by atoms with Gasteiger partial charge >= 0.3 is 12.1 Å². The molecule has 1 heterocycles. The molecule has 1 aromatic rings. The highest BCUT2D eigenvalue weighted by atomic mass is 35.5. The van der Waals surface area contributed by atoms with Gasteiger partial charge in [0, 0.05) is 18.1 Å². The lowest BCUT2D eigenvalue weighted by Gasteiger charge is -2.36. The summed E-state index contributed by atoms with van der Waals surface area (Å²) in [5.74, 6) is -1.69. The molecule has 2 unspecified atom stereocenters. The molecule has 0 aromatic heterocycles. The minimum atomic E-state index is -0.881. The number of hydrogen-bond acceptors (Lipinski definition) is 3. The van der Waals surface area contributed by atoms with E-state index in [-0.39, 0.29) is 12.0 Å². The van der Waals surface area contributed by atoms with Crippen molar-refractivity contribution in [3.05, 3.63) is 34.9 Å². The summed E-state index contributed by atoms with van der Waals surface area (Å²) < 4.78 is 5.41. The second-order valence-electron chi connectivity index (χ2n) is 7.20. The SMILES string of the molecule is CC(C)(C)OC(=O)N1CCCC(C(C(=O)O)c2ccc(Cl)cc2)C1. The summed E-state index contributed by atoms with van der Waals surface area (Å²) in [6.07, 6.45) is 1.15. The van der Waals surface area contributed by atoms with Gasteiger partial charge in [-0.3, -0.25) is 4.79 Å². The normalized spacial score (nSPS) is 19.7. The monoisotopic (exact) mass is 353 g/mol. The number of amides is 1. The Morgan fingerprint density at radius 3 is 2.46 bits per heavy atom. The van der Waals surface area contributed by atoms with Crippen LogP contribution >= 0.6 is 11.6 Å². The van der Waals surface area contributed by atoms with E-state index < -0.39 is 17.5 Å². The van der Waals surface area contributed by atoms with Gasteiger partial charge in [-0.1, -0.05) is 23.7 Å². The van der Waals surface area contributed by atoms with E-state index in [4.69, 9.17) is 16.3 Å². The molecule has 1 aromatic carbocycles. The van der Waals surface area contributed by atoms with Crippen LogP contribution in [0.3, 0.4) is 0 Å². The van der Waals surface area contributed by atoms with Crippen LogP contribution in [-0.2, 0) is 9.53 Å². The number of aliphatic carboxylic acids is 1. The zero-order valence-electron chi connectivity index (χ0n) is 14.3. The molecular formula is C18H24ClNO4. The van der Waals surface area contributed by atoms with Gasteiger partial charge in [0.25, 0.3) is 0 Å². The van der Waals surface area contributed by atoms with Crippen LogP contribution in [0, 0.1) is 5.92 Å².